The first-order valence-corrected chi connectivity index (χ1v) is 11.9. The summed E-state index contributed by atoms with van der Waals surface area (Å²) in [6, 6.07) is 14.1. The Hall–Kier alpha value is -2.51. The summed E-state index contributed by atoms with van der Waals surface area (Å²) in [6.07, 6.45) is -2.50. The number of aliphatic hydroxyl groups is 3. The lowest BCUT2D eigenvalue weighted by molar-refractivity contribution is -0.180. The highest BCUT2D eigenvalue weighted by Gasteiger charge is 2.39. The Labute approximate surface area is 206 Å². The Morgan fingerprint density at radius 1 is 1.17 bits per heavy atom. The monoisotopic (exact) mass is 485 g/mol. The van der Waals surface area contributed by atoms with Crippen molar-refractivity contribution >= 4 is 0 Å². The molecule has 4 rings (SSSR count). The van der Waals surface area contributed by atoms with Gasteiger partial charge >= 0.3 is 0 Å². The minimum Gasteiger partial charge on any atom is -0.487 e. The average molecular weight is 486 g/mol. The maximum atomic E-state index is 10.8. The first kappa shape index (κ1) is 27.1. The van der Waals surface area contributed by atoms with Crippen LogP contribution in [0.3, 0.4) is 0 Å². The molecule has 0 radical (unpaired) electrons. The fraction of sp³-hybridized carbons (Fsp3) is 0.519. The number of hydrogen-bond donors (Lipinski definition) is 3. The van der Waals surface area contributed by atoms with E-state index in [9.17, 15) is 20.6 Å². The summed E-state index contributed by atoms with van der Waals surface area (Å²) in [4.78, 5) is 0. The number of nitrogens with zero attached hydrogens (tertiary/aromatic N) is 1. The highest BCUT2D eigenvalue weighted by molar-refractivity contribution is 5.51. The van der Waals surface area contributed by atoms with Gasteiger partial charge in [-0.15, -0.1) is 0 Å². The van der Waals surface area contributed by atoms with Gasteiger partial charge in [0.2, 0.25) is 0 Å². The van der Waals surface area contributed by atoms with Crippen molar-refractivity contribution in [1.82, 2.24) is 0 Å². The second kappa shape index (κ2) is 12.0. The standard InChI is InChI=1S/C27H33NO6.H2O/c1-16(2)18-5-3-17(4-6-18)9-19-10-23(27-26(31)24(30)12-22(14-29)34-27)25(11-20(19)13-28)33-21-7-8-32-15-21;/h3-6,10-11,16,21-22,24,26-27,29-31H,7-9,12,14-15H2,1-2H3;1H2/t21-,22-,24-,26+,27-;/m0./s1. The van der Waals surface area contributed by atoms with Crippen LogP contribution in [-0.2, 0) is 15.9 Å². The molecule has 0 amide bonds. The Kier molecular flexibility index (Phi) is 9.25. The van der Waals surface area contributed by atoms with Gasteiger partial charge in [-0.05, 0) is 41.2 Å². The van der Waals surface area contributed by atoms with Crippen LogP contribution < -0.4 is 4.74 Å². The van der Waals surface area contributed by atoms with Gasteiger partial charge in [0.05, 0.1) is 43.7 Å². The second-order valence-electron chi connectivity index (χ2n) is 9.49. The molecule has 2 aromatic carbocycles. The summed E-state index contributed by atoms with van der Waals surface area (Å²) < 4.78 is 17.6. The molecule has 2 saturated heterocycles. The van der Waals surface area contributed by atoms with Gasteiger partial charge in [0.1, 0.15) is 24.1 Å². The lowest BCUT2D eigenvalue weighted by Crippen LogP contribution is -2.44. The van der Waals surface area contributed by atoms with Gasteiger partial charge in [0.25, 0.3) is 0 Å². The molecule has 2 aliphatic heterocycles. The highest BCUT2D eigenvalue weighted by Crippen LogP contribution is 2.39. The normalized spacial score (nSPS) is 26.3. The van der Waals surface area contributed by atoms with Crippen LogP contribution >= 0.6 is 0 Å². The average Bonchev–Trinajstić information content (AvgIpc) is 3.35. The SMILES string of the molecule is CC(C)c1ccc(Cc2cc([C@@H]3O[C@H](CO)C[C@H](O)[C@H]3O)c(O[C@H]3CCOC3)cc2C#N)cc1.O. The van der Waals surface area contributed by atoms with Gasteiger partial charge in [-0.25, -0.2) is 0 Å². The lowest BCUT2D eigenvalue weighted by atomic mass is 9.89. The lowest BCUT2D eigenvalue weighted by Gasteiger charge is -2.37. The van der Waals surface area contributed by atoms with E-state index < -0.39 is 24.4 Å². The Morgan fingerprint density at radius 3 is 2.51 bits per heavy atom. The quantitative estimate of drug-likeness (QED) is 0.545. The van der Waals surface area contributed by atoms with E-state index in [0.29, 0.717) is 42.4 Å². The van der Waals surface area contributed by atoms with Gasteiger partial charge in [-0.1, -0.05) is 38.1 Å². The zero-order valence-corrected chi connectivity index (χ0v) is 20.2. The van der Waals surface area contributed by atoms with Crippen LogP contribution in [0.5, 0.6) is 5.75 Å². The highest BCUT2D eigenvalue weighted by atomic mass is 16.6. The molecule has 0 saturated carbocycles. The van der Waals surface area contributed by atoms with Gasteiger partial charge < -0.3 is 35.0 Å². The first-order valence-electron chi connectivity index (χ1n) is 11.9. The van der Waals surface area contributed by atoms with Crippen LogP contribution in [0.4, 0.5) is 0 Å². The number of rotatable bonds is 7. The molecule has 8 heteroatoms. The minimum atomic E-state index is -1.18. The molecule has 5 atom stereocenters. The third-order valence-electron chi connectivity index (χ3n) is 6.64. The fourth-order valence-electron chi connectivity index (χ4n) is 4.57. The molecule has 0 spiro atoms. The molecule has 0 aromatic heterocycles. The van der Waals surface area contributed by atoms with Crippen molar-refractivity contribution in [3.05, 3.63) is 64.2 Å². The topological polar surface area (TPSA) is 144 Å². The molecule has 8 nitrogen and oxygen atoms in total. The van der Waals surface area contributed by atoms with E-state index in [2.05, 4.69) is 44.2 Å². The molecular weight excluding hydrogens is 450 g/mol. The molecule has 2 heterocycles. The van der Waals surface area contributed by atoms with E-state index in [1.54, 1.807) is 6.07 Å². The maximum absolute atomic E-state index is 10.8. The first-order chi connectivity index (χ1) is 16.4. The number of aliphatic hydroxyl groups excluding tert-OH is 3. The van der Waals surface area contributed by atoms with Gasteiger partial charge in [-0.2, -0.15) is 5.26 Å². The van der Waals surface area contributed by atoms with Crippen LogP contribution in [0, 0.1) is 11.3 Å². The van der Waals surface area contributed by atoms with E-state index in [-0.39, 0.29) is 24.6 Å². The summed E-state index contributed by atoms with van der Waals surface area (Å²) >= 11 is 0. The molecule has 2 fully saturated rings. The van der Waals surface area contributed by atoms with E-state index >= 15 is 0 Å². The van der Waals surface area contributed by atoms with Crippen molar-refractivity contribution < 1.29 is 35.0 Å². The van der Waals surface area contributed by atoms with Crippen LogP contribution in [0.15, 0.2) is 36.4 Å². The Balaban J connectivity index is 0.00000342. The van der Waals surface area contributed by atoms with Crippen molar-refractivity contribution in [2.75, 3.05) is 19.8 Å². The van der Waals surface area contributed by atoms with Gasteiger partial charge in [0, 0.05) is 18.4 Å². The van der Waals surface area contributed by atoms with Gasteiger partial charge in [0.15, 0.2) is 0 Å². The molecule has 2 aliphatic rings. The molecule has 2 aromatic rings. The summed E-state index contributed by atoms with van der Waals surface area (Å²) in [7, 11) is 0. The third kappa shape index (κ3) is 6.19. The fourth-order valence-corrected chi connectivity index (χ4v) is 4.57. The zero-order valence-electron chi connectivity index (χ0n) is 20.2. The van der Waals surface area contributed by atoms with E-state index in [1.165, 1.54) is 5.56 Å². The number of hydrogen-bond acceptors (Lipinski definition) is 7. The molecular formula is C27H35NO7. The van der Waals surface area contributed by atoms with E-state index in [1.807, 2.05) is 6.07 Å². The van der Waals surface area contributed by atoms with E-state index in [4.69, 9.17) is 14.2 Å². The Bertz CT molecular complexity index is 1010. The summed E-state index contributed by atoms with van der Waals surface area (Å²) in [5.41, 5.74) is 4.12. The largest absolute Gasteiger partial charge is 0.487 e. The number of ether oxygens (including phenoxy) is 3. The molecule has 0 bridgehead atoms. The molecule has 0 aliphatic carbocycles. The van der Waals surface area contributed by atoms with Crippen LogP contribution in [0.25, 0.3) is 0 Å². The van der Waals surface area contributed by atoms with Crippen molar-refractivity contribution in [3.8, 4) is 11.8 Å². The number of benzene rings is 2. The van der Waals surface area contributed by atoms with Crippen molar-refractivity contribution in [2.24, 2.45) is 0 Å². The summed E-state index contributed by atoms with van der Waals surface area (Å²) in [5, 5.41) is 40.7. The third-order valence-corrected chi connectivity index (χ3v) is 6.64. The van der Waals surface area contributed by atoms with E-state index in [0.717, 1.165) is 17.5 Å². The van der Waals surface area contributed by atoms with Crippen LogP contribution in [-0.4, -0.2) is 65.0 Å². The summed E-state index contributed by atoms with van der Waals surface area (Å²) in [6.45, 7) is 5.07. The maximum Gasteiger partial charge on any atom is 0.127 e. The van der Waals surface area contributed by atoms with Crippen LogP contribution in [0.1, 0.15) is 66.5 Å². The molecule has 0 unspecified atom stereocenters. The number of nitriles is 1. The summed E-state index contributed by atoms with van der Waals surface area (Å²) in [5.74, 6) is 0.864. The minimum absolute atomic E-state index is 0. The Morgan fingerprint density at radius 2 is 1.91 bits per heavy atom. The smallest absolute Gasteiger partial charge is 0.127 e. The van der Waals surface area contributed by atoms with Crippen molar-refractivity contribution in [3.63, 3.8) is 0 Å². The zero-order chi connectivity index (χ0) is 24.2. The van der Waals surface area contributed by atoms with Crippen LogP contribution in [0.2, 0.25) is 0 Å². The molecule has 35 heavy (non-hydrogen) atoms. The van der Waals surface area contributed by atoms with Crippen molar-refractivity contribution in [1.29, 1.82) is 5.26 Å². The molecule has 190 valence electrons. The predicted octanol–water partition coefficient (Wildman–Crippen LogP) is 2.16. The second-order valence-corrected chi connectivity index (χ2v) is 9.49. The van der Waals surface area contributed by atoms with Crippen molar-refractivity contribution in [2.45, 2.75) is 69.5 Å². The van der Waals surface area contributed by atoms with Gasteiger partial charge in [-0.3, -0.25) is 0 Å². The molecule has 5 N–H and O–H groups in total. The predicted molar refractivity (Wildman–Crippen MR) is 129 cm³/mol.